The molecule has 3 heterocycles. The van der Waals surface area contributed by atoms with Crippen LogP contribution in [0.4, 0.5) is 5.69 Å². The molecule has 168 valence electrons. The highest BCUT2D eigenvalue weighted by atomic mass is 32.1. The summed E-state index contributed by atoms with van der Waals surface area (Å²) in [5.74, 6) is 0.684. The Morgan fingerprint density at radius 1 is 1.25 bits per heavy atom. The maximum Gasteiger partial charge on any atom is 0.267 e. The molecule has 2 aromatic heterocycles. The van der Waals surface area contributed by atoms with Gasteiger partial charge in [0.05, 0.1) is 24.2 Å². The van der Waals surface area contributed by atoms with Crippen LogP contribution in [0.5, 0.6) is 5.75 Å². The number of anilines is 1. The molecule has 1 aliphatic heterocycles. The van der Waals surface area contributed by atoms with Crippen molar-refractivity contribution < 1.29 is 14.3 Å². The van der Waals surface area contributed by atoms with Gasteiger partial charge < -0.3 is 14.5 Å². The molecule has 0 spiro atoms. The molecule has 0 saturated carbocycles. The van der Waals surface area contributed by atoms with Gasteiger partial charge in [0.1, 0.15) is 16.4 Å². The van der Waals surface area contributed by atoms with Crippen LogP contribution in [0.3, 0.4) is 0 Å². The Labute approximate surface area is 190 Å². The van der Waals surface area contributed by atoms with E-state index in [1.165, 1.54) is 20.8 Å². The van der Waals surface area contributed by atoms with Gasteiger partial charge in [-0.3, -0.25) is 19.0 Å². The summed E-state index contributed by atoms with van der Waals surface area (Å²) in [6.07, 6.45) is -0.573. The number of ketones is 1. The lowest BCUT2D eigenvalue weighted by atomic mass is 10.1. The molecule has 0 fully saturated rings. The van der Waals surface area contributed by atoms with Crippen molar-refractivity contribution in [3.8, 4) is 5.75 Å². The molecule has 0 N–H and O–H groups in total. The molecule has 3 aromatic rings. The van der Waals surface area contributed by atoms with Crippen LogP contribution < -0.4 is 15.2 Å². The van der Waals surface area contributed by atoms with Gasteiger partial charge in [0.15, 0.2) is 11.9 Å². The second-order valence-electron chi connectivity index (χ2n) is 8.38. The number of hydrogen-bond acceptors (Lipinski definition) is 7. The quantitative estimate of drug-likeness (QED) is 0.551. The summed E-state index contributed by atoms with van der Waals surface area (Å²) in [7, 11) is 5.45. The fourth-order valence-electron chi connectivity index (χ4n) is 3.86. The highest BCUT2D eigenvalue weighted by Crippen LogP contribution is 2.34. The monoisotopic (exact) mass is 454 g/mol. The Hall–Kier alpha value is -3.04. The van der Waals surface area contributed by atoms with Gasteiger partial charge in [-0.15, -0.1) is 11.3 Å². The van der Waals surface area contributed by atoms with Crippen LogP contribution in [0, 0.1) is 13.8 Å². The zero-order valence-corrected chi connectivity index (χ0v) is 19.9. The average molecular weight is 455 g/mol. The van der Waals surface area contributed by atoms with Crippen molar-refractivity contribution in [1.82, 2.24) is 14.5 Å². The summed E-state index contributed by atoms with van der Waals surface area (Å²) in [5.41, 5.74) is 1.64. The molecular weight excluding hydrogens is 428 g/mol. The number of aromatic nitrogens is 2. The minimum absolute atomic E-state index is 0.132. The third-order valence-electron chi connectivity index (χ3n) is 5.75. The lowest BCUT2D eigenvalue weighted by Crippen LogP contribution is -2.42. The summed E-state index contributed by atoms with van der Waals surface area (Å²) in [6, 6.07) is 5.00. The van der Waals surface area contributed by atoms with Crippen molar-refractivity contribution in [3.63, 3.8) is 0 Å². The first-order chi connectivity index (χ1) is 15.1. The average Bonchev–Trinajstić information content (AvgIpc) is 3.02. The second-order valence-corrected chi connectivity index (χ2v) is 9.59. The number of Topliss-reactive ketones (excluding diaryl/α,β-unsaturated/α-hetero) is 1. The summed E-state index contributed by atoms with van der Waals surface area (Å²) in [5, 5.41) is 0.570. The van der Waals surface area contributed by atoms with Gasteiger partial charge in [0, 0.05) is 17.5 Å². The maximum absolute atomic E-state index is 13.4. The molecule has 1 atom stereocenters. The molecule has 0 radical (unpaired) electrons. The number of amides is 1. The highest BCUT2D eigenvalue weighted by molar-refractivity contribution is 7.18. The number of aryl methyl sites for hydroxylation is 2. The molecule has 32 heavy (non-hydrogen) atoms. The van der Waals surface area contributed by atoms with Gasteiger partial charge in [-0.05, 0) is 58.6 Å². The number of carbonyl (C=O) groups is 2. The number of likely N-dealkylation sites (N-methyl/N-ethyl adjacent to an activating group) is 1. The van der Waals surface area contributed by atoms with Crippen LogP contribution in [0.25, 0.3) is 10.2 Å². The second kappa shape index (κ2) is 8.14. The Kier molecular flexibility index (Phi) is 5.64. The molecule has 4 rings (SSSR count). The lowest BCUT2D eigenvalue weighted by molar-refractivity contribution is -0.125. The number of rotatable bonds is 5. The number of nitrogens with zero attached hydrogens (tertiary/aromatic N) is 4. The van der Waals surface area contributed by atoms with E-state index in [4.69, 9.17) is 9.72 Å². The van der Waals surface area contributed by atoms with Crippen molar-refractivity contribution in [3.05, 3.63) is 50.4 Å². The minimum atomic E-state index is -0.573. The third kappa shape index (κ3) is 3.71. The minimum Gasteiger partial charge on any atom is -0.479 e. The smallest absolute Gasteiger partial charge is 0.267 e. The molecule has 1 unspecified atom stereocenters. The van der Waals surface area contributed by atoms with Crippen molar-refractivity contribution in [2.45, 2.75) is 40.0 Å². The van der Waals surface area contributed by atoms with Crippen LogP contribution in [0.1, 0.15) is 33.5 Å². The van der Waals surface area contributed by atoms with Crippen molar-refractivity contribution in [1.29, 1.82) is 0 Å². The van der Waals surface area contributed by atoms with E-state index in [1.807, 2.05) is 32.8 Å². The van der Waals surface area contributed by atoms with E-state index in [0.717, 1.165) is 10.4 Å². The van der Waals surface area contributed by atoms with Crippen LogP contribution in [0.15, 0.2) is 23.0 Å². The van der Waals surface area contributed by atoms with E-state index >= 15 is 0 Å². The first-order valence-electron chi connectivity index (χ1n) is 10.3. The Morgan fingerprint density at radius 3 is 2.66 bits per heavy atom. The van der Waals surface area contributed by atoms with Gasteiger partial charge in [-0.25, -0.2) is 4.98 Å². The van der Waals surface area contributed by atoms with E-state index in [-0.39, 0.29) is 23.8 Å². The molecule has 0 aliphatic carbocycles. The zero-order chi connectivity index (χ0) is 23.3. The molecular formula is C23H26N4O4S. The van der Waals surface area contributed by atoms with Gasteiger partial charge in [0.25, 0.3) is 11.5 Å². The van der Waals surface area contributed by atoms with E-state index in [1.54, 1.807) is 32.2 Å². The molecule has 1 aromatic carbocycles. The SMILES string of the molecule is Cc1sc2nc(CN(C)C)n(CC(=O)c3ccc4c(c3)N(C)C(=O)C(C)O4)c(=O)c2c1C. The van der Waals surface area contributed by atoms with Gasteiger partial charge >= 0.3 is 0 Å². The van der Waals surface area contributed by atoms with Crippen LogP contribution in [0.2, 0.25) is 0 Å². The highest BCUT2D eigenvalue weighted by Gasteiger charge is 2.29. The van der Waals surface area contributed by atoms with E-state index in [9.17, 15) is 14.4 Å². The first-order valence-corrected chi connectivity index (χ1v) is 11.2. The molecule has 1 aliphatic rings. The van der Waals surface area contributed by atoms with E-state index < -0.39 is 6.10 Å². The fraction of sp³-hybridized carbons (Fsp3) is 0.391. The number of hydrogen-bond donors (Lipinski definition) is 0. The summed E-state index contributed by atoms with van der Waals surface area (Å²) in [6.45, 7) is 5.87. The molecule has 0 saturated heterocycles. The van der Waals surface area contributed by atoms with Crippen molar-refractivity contribution in [2.75, 3.05) is 26.0 Å². The Balaban J connectivity index is 1.76. The van der Waals surface area contributed by atoms with E-state index in [0.29, 0.717) is 39.6 Å². The number of benzene rings is 1. The van der Waals surface area contributed by atoms with Gasteiger partial charge in [-0.1, -0.05) is 0 Å². The molecule has 0 bridgehead atoms. The van der Waals surface area contributed by atoms with E-state index in [2.05, 4.69) is 0 Å². The lowest BCUT2D eigenvalue weighted by Gasteiger charge is -2.30. The van der Waals surface area contributed by atoms with Gasteiger partial charge in [-0.2, -0.15) is 0 Å². The topological polar surface area (TPSA) is 84.7 Å². The molecule has 9 heteroatoms. The number of thiophene rings is 1. The number of carbonyl (C=O) groups excluding carboxylic acids is 2. The normalized spacial score (nSPS) is 15.9. The fourth-order valence-corrected chi connectivity index (χ4v) is 4.89. The molecule has 1 amide bonds. The van der Waals surface area contributed by atoms with Crippen LogP contribution in [-0.4, -0.2) is 53.4 Å². The van der Waals surface area contributed by atoms with Crippen LogP contribution >= 0.6 is 11.3 Å². The summed E-state index contributed by atoms with van der Waals surface area (Å²) in [4.78, 5) is 48.8. The van der Waals surface area contributed by atoms with Crippen molar-refractivity contribution >= 4 is 38.9 Å². The number of ether oxygens (including phenoxy) is 1. The largest absolute Gasteiger partial charge is 0.479 e. The third-order valence-corrected chi connectivity index (χ3v) is 6.85. The Bertz CT molecular complexity index is 1310. The van der Waals surface area contributed by atoms with Crippen molar-refractivity contribution in [2.24, 2.45) is 0 Å². The Morgan fingerprint density at radius 2 is 1.97 bits per heavy atom. The summed E-state index contributed by atoms with van der Waals surface area (Å²) < 4.78 is 7.11. The zero-order valence-electron chi connectivity index (χ0n) is 19.1. The maximum atomic E-state index is 13.4. The van der Waals surface area contributed by atoms with Crippen LogP contribution in [-0.2, 0) is 17.9 Å². The standard InChI is InChI=1S/C23H26N4O4S/c1-12-14(3)32-21-20(12)23(30)27(19(24-21)11-25(4)5)10-17(28)15-7-8-18-16(9-15)26(6)22(29)13(2)31-18/h7-9,13H,10-11H2,1-6H3. The number of fused-ring (bicyclic) bond motifs is 2. The molecule has 8 nitrogen and oxygen atoms in total. The predicted octanol–water partition coefficient (Wildman–Crippen LogP) is 2.76. The summed E-state index contributed by atoms with van der Waals surface area (Å²) >= 11 is 1.49. The van der Waals surface area contributed by atoms with Gasteiger partial charge in [0.2, 0.25) is 0 Å². The predicted molar refractivity (Wildman–Crippen MR) is 125 cm³/mol. The first kappa shape index (κ1) is 22.2.